The number of halogens is 2. The SMILES string of the molecule is CCc1ccc(NC(=O)COc2ccc(/C=C3\SC(=S)N(c4ccc(C)c(Cl)c4)C3=O)cc2Cl)cc1. The standard InChI is InChI=1S/C27H22Cl2N2O3S2/c1-3-17-5-8-19(9-6-17)30-25(32)15-34-23-11-7-18(12-22(23)29)13-24-26(33)31(27(35)36-24)20-10-4-16(2)21(28)14-20/h4-14H,3,15H2,1-2H3,(H,30,32)/b24-13-. The molecule has 4 rings (SSSR count). The van der Waals surface area contributed by atoms with Crippen molar-refractivity contribution >= 4 is 80.8 Å². The van der Waals surface area contributed by atoms with Crippen LogP contribution in [0, 0.1) is 6.92 Å². The maximum absolute atomic E-state index is 13.0. The molecule has 0 bridgehead atoms. The van der Waals surface area contributed by atoms with E-state index in [1.807, 2.05) is 43.3 Å². The molecule has 1 aliphatic rings. The Balaban J connectivity index is 1.40. The molecule has 0 radical (unpaired) electrons. The lowest BCUT2D eigenvalue weighted by Gasteiger charge is -2.15. The fourth-order valence-corrected chi connectivity index (χ4v) is 5.17. The number of hydrogen-bond acceptors (Lipinski definition) is 5. The molecular formula is C27H22Cl2N2O3S2. The molecule has 0 spiro atoms. The molecule has 0 aliphatic carbocycles. The molecular weight excluding hydrogens is 535 g/mol. The average Bonchev–Trinajstić information content (AvgIpc) is 3.13. The molecule has 1 heterocycles. The molecule has 0 atom stereocenters. The van der Waals surface area contributed by atoms with E-state index in [-0.39, 0.29) is 18.4 Å². The van der Waals surface area contributed by atoms with Crippen molar-refractivity contribution in [3.05, 3.63) is 92.3 Å². The van der Waals surface area contributed by atoms with Gasteiger partial charge in [0.25, 0.3) is 11.8 Å². The lowest BCUT2D eigenvalue weighted by Crippen LogP contribution is -2.27. The first-order chi connectivity index (χ1) is 17.2. The molecule has 36 heavy (non-hydrogen) atoms. The number of hydrogen-bond donors (Lipinski definition) is 1. The van der Waals surface area contributed by atoms with Crippen molar-refractivity contribution in [2.75, 3.05) is 16.8 Å². The van der Waals surface area contributed by atoms with E-state index in [0.717, 1.165) is 12.0 Å². The highest BCUT2D eigenvalue weighted by molar-refractivity contribution is 8.27. The Hall–Kier alpha value is -2.84. The van der Waals surface area contributed by atoms with Gasteiger partial charge >= 0.3 is 0 Å². The minimum Gasteiger partial charge on any atom is -0.482 e. The van der Waals surface area contributed by atoms with Gasteiger partial charge < -0.3 is 10.1 Å². The smallest absolute Gasteiger partial charge is 0.270 e. The van der Waals surface area contributed by atoms with Crippen LogP contribution in [0.1, 0.15) is 23.6 Å². The fraction of sp³-hybridized carbons (Fsp3) is 0.148. The molecule has 3 aromatic carbocycles. The maximum Gasteiger partial charge on any atom is 0.270 e. The predicted octanol–water partition coefficient (Wildman–Crippen LogP) is 7.29. The summed E-state index contributed by atoms with van der Waals surface area (Å²) in [4.78, 5) is 27.2. The van der Waals surface area contributed by atoms with Gasteiger partial charge in [-0.3, -0.25) is 14.5 Å². The third-order valence-corrected chi connectivity index (χ3v) is 7.47. The first-order valence-corrected chi connectivity index (χ1v) is 13.1. The number of nitrogens with one attached hydrogen (secondary N) is 1. The number of rotatable bonds is 7. The Morgan fingerprint density at radius 2 is 1.83 bits per heavy atom. The Kier molecular flexibility index (Phi) is 8.36. The summed E-state index contributed by atoms with van der Waals surface area (Å²) in [6.45, 7) is 3.78. The predicted molar refractivity (Wildman–Crippen MR) is 153 cm³/mol. The van der Waals surface area contributed by atoms with Crippen molar-refractivity contribution in [3.8, 4) is 5.75 Å². The summed E-state index contributed by atoms with van der Waals surface area (Å²) >= 11 is 19.3. The van der Waals surface area contributed by atoms with Crippen molar-refractivity contribution in [1.82, 2.24) is 0 Å². The number of thiocarbonyl (C=S) groups is 1. The van der Waals surface area contributed by atoms with Crippen LogP contribution in [0.4, 0.5) is 11.4 Å². The van der Waals surface area contributed by atoms with Crippen molar-refractivity contribution in [1.29, 1.82) is 0 Å². The Morgan fingerprint density at radius 1 is 1.08 bits per heavy atom. The molecule has 1 saturated heterocycles. The maximum atomic E-state index is 13.0. The highest BCUT2D eigenvalue weighted by Crippen LogP contribution is 2.38. The van der Waals surface area contributed by atoms with Crippen LogP contribution >= 0.6 is 47.2 Å². The minimum absolute atomic E-state index is 0.188. The Bertz CT molecular complexity index is 1370. The lowest BCUT2D eigenvalue weighted by molar-refractivity contribution is -0.118. The molecule has 0 unspecified atom stereocenters. The monoisotopic (exact) mass is 556 g/mol. The van der Waals surface area contributed by atoms with E-state index in [1.165, 1.54) is 22.2 Å². The summed E-state index contributed by atoms with van der Waals surface area (Å²) in [7, 11) is 0. The van der Waals surface area contributed by atoms with Gasteiger partial charge in [0.15, 0.2) is 10.9 Å². The number of benzene rings is 3. The van der Waals surface area contributed by atoms with Crippen LogP contribution in [0.5, 0.6) is 5.75 Å². The molecule has 0 saturated carbocycles. The normalized spacial score (nSPS) is 14.4. The second-order valence-electron chi connectivity index (χ2n) is 8.03. The van der Waals surface area contributed by atoms with Gasteiger partial charge in [-0.05, 0) is 72.5 Å². The summed E-state index contributed by atoms with van der Waals surface area (Å²) in [5.74, 6) is -0.156. The van der Waals surface area contributed by atoms with Crippen molar-refractivity contribution in [3.63, 3.8) is 0 Å². The van der Waals surface area contributed by atoms with Crippen LogP contribution < -0.4 is 15.0 Å². The van der Waals surface area contributed by atoms with E-state index in [0.29, 0.717) is 42.0 Å². The molecule has 0 aromatic heterocycles. The molecule has 1 aliphatic heterocycles. The summed E-state index contributed by atoms with van der Waals surface area (Å²) in [5.41, 5.74) is 4.14. The summed E-state index contributed by atoms with van der Waals surface area (Å²) in [6, 6.07) is 18.1. The van der Waals surface area contributed by atoms with Crippen molar-refractivity contribution in [2.45, 2.75) is 20.3 Å². The second-order valence-corrected chi connectivity index (χ2v) is 10.5. The zero-order valence-corrected chi connectivity index (χ0v) is 22.7. The van der Waals surface area contributed by atoms with E-state index < -0.39 is 0 Å². The molecule has 2 amide bonds. The number of nitrogens with zero attached hydrogens (tertiary/aromatic N) is 1. The van der Waals surface area contributed by atoms with Gasteiger partial charge in [-0.1, -0.05) is 78.4 Å². The summed E-state index contributed by atoms with van der Waals surface area (Å²) in [5, 5.41) is 3.68. The van der Waals surface area contributed by atoms with E-state index in [1.54, 1.807) is 30.3 Å². The zero-order valence-electron chi connectivity index (χ0n) is 19.5. The molecule has 1 fully saturated rings. The van der Waals surface area contributed by atoms with Gasteiger partial charge in [-0.15, -0.1) is 0 Å². The van der Waals surface area contributed by atoms with Crippen LogP contribution in [-0.4, -0.2) is 22.7 Å². The van der Waals surface area contributed by atoms with Gasteiger partial charge in [0.2, 0.25) is 0 Å². The van der Waals surface area contributed by atoms with Crippen LogP contribution in [0.3, 0.4) is 0 Å². The molecule has 1 N–H and O–H groups in total. The first kappa shape index (κ1) is 26.2. The van der Waals surface area contributed by atoms with E-state index in [2.05, 4.69) is 12.2 Å². The minimum atomic E-state index is -0.292. The van der Waals surface area contributed by atoms with Gasteiger partial charge in [0.1, 0.15) is 5.75 Å². The van der Waals surface area contributed by atoms with Crippen LogP contribution in [-0.2, 0) is 16.0 Å². The number of carbonyl (C=O) groups is 2. The second kappa shape index (κ2) is 11.5. The van der Waals surface area contributed by atoms with E-state index in [9.17, 15) is 9.59 Å². The number of carbonyl (C=O) groups excluding carboxylic acids is 2. The Labute approximate surface area is 229 Å². The lowest BCUT2D eigenvalue weighted by atomic mass is 10.1. The topological polar surface area (TPSA) is 58.6 Å². The number of amides is 2. The molecule has 5 nitrogen and oxygen atoms in total. The zero-order chi connectivity index (χ0) is 25.8. The van der Waals surface area contributed by atoms with Crippen LogP contribution in [0.15, 0.2) is 65.6 Å². The third-order valence-electron chi connectivity index (χ3n) is 5.47. The fourth-order valence-electron chi connectivity index (χ4n) is 3.45. The van der Waals surface area contributed by atoms with Crippen molar-refractivity contribution < 1.29 is 14.3 Å². The summed E-state index contributed by atoms with van der Waals surface area (Å²) in [6.07, 6.45) is 2.65. The van der Waals surface area contributed by atoms with Crippen molar-refractivity contribution in [2.24, 2.45) is 0 Å². The third kappa shape index (κ3) is 6.10. The van der Waals surface area contributed by atoms with Gasteiger partial charge in [0, 0.05) is 10.7 Å². The average molecular weight is 558 g/mol. The molecule has 9 heteroatoms. The first-order valence-electron chi connectivity index (χ1n) is 11.1. The number of aryl methyl sites for hydroxylation is 2. The van der Waals surface area contributed by atoms with Crippen LogP contribution in [0.2, 0.25) is 10.0 Å². The molecule has 184 valence electrons. The highest BCUT2D eigenvalue weighted by atomic mass is 35.5. The highest BCUT2D eigenvalue weighted by Gasteiger charge is 2.33. The number of anilines is 2. The van der Waals surface area contributed by atoms with Crippen LogP contribution in [0.25, 0.3) is 6.08 Å². The van der Waals surface area contributed by atoms with Gasteiger partial charge in [-0.2, -0.15) is 0 Å². The summed E-state index contributed by atoms with van der Waals surface area (Å²) < 4.78 is 6.02. The van der Waals surface area contributed by atoms with E-state index in [4.69, 9.17) is 40.2 Å². The quantitative estimate of drug-likeness (QED) is 0.244. The largest absolute Gasteiger partial charge is 0.482 e. The van der Waals surface area contributed by atoms with E-state index >= 15 is 0 Å². The number of thioether (sulfide) groups is 1. The van der Waals surface area contributed by atoms with Gasteiger partial charge in [0.05, 0.1) is 15.6 Å². The Morgan fingerprint density at radius 3 is 2.50 bits per heavy atom. The van der Waals surface area contributed by atoms with Gasteiger partial charge in [-0.25, -0.2) is 0 Å². The number of ether oxygens (including phenoxy) is 1. The molecule has 3 aromatic rings.